The Hall–Kier alpha value is -0.0800. The molecule has 0 bridgehead atoms. The molecule has 0 aromatic carbocycles. The van der Waals surface area contributed by atoms with Gasteiger partial charge in [0.2, 0.25) is 0 Å². The van der Waals surface area contributed by atoms with Gasteiger partial charge in [-0.25, -0.2) is 0 Å². The van der Waals surface area contributed by atoms with Crippen molar-refractivity contribution in [1.29, 1.82) is 0 Å². The monoisotopic (exact) mass is 159 g/mol. The molecular formula is C9H21NO. The van der Waals surface area contributed by atoms with Crippen LogP contribution in [0, 0.1) is 0 Å². The summed E-state index contributed by atoms with van der Waals surface area (Å²) >= 11 is 0. The third kappa shape index (κ3) is 4.38. The van der Waals surface area contributed by atoms with Crippen molar-refractivity contribution >= 4 is 0 Å². The average molecular weight is 159 g/mol. The Morgan fingerprint density at radius 1 is 1.18 bits per heavy atom. The molecule has 0 amide bonds. The van der Waals surface area contributed by atoms with Gasteiger partial charge in [-0.2, -0.15) is 0 Å². The van der Waals surface area contributed by atoms with E-state index in [2.05, 4.69) is 20.8 Å². The van der Waals surface area contributed by atoms with Gasteiger partial charge in [0.1, 0.15) is 0 Å². The predicted octanol–water partition coefficient (Wildman–Crippen LogP) is 1.93. The minimum absolute atomic E-state index is 0.0881. The fraction of sp³-hybridized carbons (Fsp3) is 1.00. The predicted molar refractivity (Wildman–Crippen MR) is 48.6 cm³/mol. The van der Waals surface area contributed by atoms with Crippen LogP contribution in [0.5, 0.6) is 0 Å². The van der Waals surface area contributed by atoms with E-state index in [0.717, 1.165) is 25.9 Å². The van der Waals surface area contributed by atoms with Crippen LogP contribution >= 0.6 is 0 Å². The second-order valence-electron chi connectivity index (χ2n) is 3.12. The summed E-state index contributed by atoms with van der Waals surface area (Å²) in [4.78, 5) is 0. The van der Waals surface area contributed by atoms with E-state index in [0.29, 0.717) is 6.61 Å². The van der Waals surface area contributed by atoms with Crippen molar-refractivity contribution in [3.63, 3.8) is 0 Å². The molecule has 2 nitrogen and oxygen atoms in total. The molecule has 0 fully saturated rings. The maximum Gasteiger partial charge on any atom is 0.0645 e. The second kappa shape index (κ2) is 5.56. The molecular weight excluding hydrogens is 138 g/mol. The summed E-state index contributed by atoms with van der Waals surface area (Å²) in [6.07, 6.45) is 3.06. The smallest absolute Gasteiger partial charge is 0.0645 e. The first-order chi connectivity index (χ1) is 5.18. The Labute approximate surface area is 70.1 Å². The van der Waals surface area contributed by atoms with E-state index in [1.165, 1.54) is 0 Å². The van der Waals surface area contributed by atoms with Crippen LogP contribution < -0.4 is 5.73 Å². The van der Waals surface area contributed by atoms with E-state index in [4.69, 9.17) is 10.5 Å². The largest absolute Gasteiger partial charge is 0.380 e. The molecule has 0 radical (unpaired) electrons. The molecule has 0 saturated heterocycles. The third-order valence-corrected chi connectivity index (χ3v) is 2.15. The maximum atomic E-state index is 6.01. The molecule has 0 rings (SSSR count). The van der Waals surface area contributed by atoms with Crippen LogP contribution in [-0.2, 0) is 4.74 Å². The van der Waals surface area contributed by atoms with Gasteiger partial charge in [-0.15, -0.1) is 0 Å². The lowest BCUT2D eigenvalue weighted by Crippen LogP contribution is -2.43. The van der Waals surface area contributed by atoms with Gasteiger partial charge in [0.05, 0.1) is 6.61 Å². The lowest BCUT2D eigenvalue weighted by atomic mass is 9.96. The summed E-state index contributed by atoms with van der Waals surface area (Å²) in [5.74, 6) is 0. The number of hydrogen-bond acceptors (Lipinski definition) is 2. The minimum atomic E-state index is -0.0881. The van der Waals surface area contributed by atoms with Gasteiger partial charge < -0.3 is 10.5 Å². The van der Waals surface area contributed by atoms with Crippen LogP contribution in [0.2, 0.25) is 0 Å². The fourth-order valence-corrected chi connectivity index (χ4v) is 0.874. The lowest BCUT2D eigenvalue weighted by molar-refractivity contribution is 0.0815. The van der Waals surface area contributed by atoms with Gasteiger partial charge in [-0.3, -0.25) is 0 Å². The molecule has 2 N–H and O–H groups in total. The van der Waals surface area contributed by atoms with Gasteiger partial charge in [0, 0.05) is 12.1 Å². The standard InChI is InChI=1S/C9H21NO/c1-4-7-11-8-9(10,5-2)6-3/h4-8,10H2,1-3H3. The van der Waals surface area contributed by atoms with Crippen molar-refractivity contribution in [2.24, 2.45) is 5.73 Å². The van der Waals surface area contributed by atoms with Crippen molar-refractivity contribution in [2.75, 3.05) is 13.2 Å². The highest BCUT2D eigenvalue weighted by Gasteiger charge is 2.19. The molecule has 0 aliphatic carbocycles. The second-order valence-corrected chi connectivity index (χ2v) is 3.12. The molecule has 0 atom stereocenters. The van der Waals surface area contributed by atoms with Crippen molar-refractivity contribution < 1.29 is 4.74 Å². The van der Waals surface area contributed by atoms with E-state index >= 15 is 0 Å². The Kier molecular flexibility index (Phi) is 5.51. The molecule has 68 valence electrons. The topological polar surface area (TPSA) is 35.2 Å². The zero-order valence-corrected chi connectivity index (χ0v) is 8.02. The highest BCUT2D eigenvalue weighted by molar-refractivity contribution is 4.80. The van der Waals surface area contributed by atoms with Gasteiger partial charge in [-0.05, 0) is 19.3 Å². The molecule has 0 heterocycles. The molecule has 0 unspecified atom stereocenters. The van der Waals surface area contributed by atoms with Crippen LogP contribution in [0.1, 0.15) is 40.0 Å². The zero-order chi connectivity index (χ0) is 8.74. The Morgan fingerprint density at radius 3 is 2.09 bits per heavy atom. The van der Waals surface area contributed by atoms with Gasteiger partial charge in [0.25, 0.3) is 0 Å². The fourth-order valence-electron chi connectivity index (χ4n) is 0.874. The normalized spacial score (nSPS) is 12.0. The van der Waals surface area contributed by atoms with Crippen molar-refractivity contribution in [1.82, 2.24) is 0 Å². The summed E-state index contributed by atoms with van der Waals surface area (Å²) in [5, 5.41) is 0. The number of ether oxygens (including phenoxy) is 1. The molecule has 0 saturated carbocycles. The molecule has 0 aliphatic heterocycles. The minimum Gasteiger partial charge on any atom is -0.380 e. The molecule has 0 aromatic rings. The van der Waals surface area contributed by atoms with E-state index in [9.17, 15) is 0 Å². The molecule has 0 aromatic heterocycles. The average Bonchev–Trinajstić information content (AvgIpc) is 2.05. The van der Waals surface area contributed by atoms with Crippen LogP contribution in [0.4, 0.5) is 0 Å². The first kappa shape index (κ1) is 10.9. The summed E-state index contributed by atoms with van der Waals surface area (Å²) in [6.45, 7) is 7.86. The number of rotatable bonds is 6. The van der Waals surface area contributed by atoms with Crippen LogP contribution in [-0.4, -0.2) is 18.8 Å². The van der Waals surface area contributed by atoms with Gasteiger partial charge >= 0.3 is 0 Å². The van der Waals surface area contributed by atoms with Crippen LogP contribution in [0.3, 0.4) is 0 Å². The summed E-state index contributed by atoms with van der Waals surface area (Å²) in [7, 11) is 0. The van der Waals surface area contributed by atoms with Gasteiger partial charge in [0.15, 0.2) is 0 Å². The first-order valence-corrected chi connectivity index (χ1v) is 4.55. The quantitative estimate of drug-likeness (QED) is 0.601. The Morgan fingerprint density at radius 2 is 1.73 bits per heavy atom. The van der Waals surface area contributed by atoms with E-state index in [1.807, 2.05) is 0 Å². The number of nitrogens with two attached hydrogens (primary N) is 1. The summed E-state index contributed by atoms with van der Waals surface area (Å²) < 4.78 is 5.40. The number of hydrogen-bond donors (Lipinski definition) is 1. The van der Waals surface area contributed by atoms with Crippen LogP contribution in [0.25, 0.3) is 0 Å². The zero-order valence-electron chi connectivity index (χ0n) is 8.02. The van der Waals surface area contributed by atoms with E-state index in [-0.39, 0.29) is 5.54 Å². The van der Waals surface area contributed by atoms with Crippen molar-refractivity contribution in [3.05, 3.63) is 0 Å². The molecule has 11 heavy (non-hydrogen) atoms. The van der Waals surface area contributed by atoms with E-state index < -0.39 is 0 Å². The van der Waals surface area contributed by atoms with Crippen LogP contribution in [0.15, 0.2) is 0 Å². The van der Waals surface area contributed by atoms with E-state index in [1.54, 1.807) is 0 Å². The maximum absolute atomic E-state index is 6.01. The third-order valence-electron chi connectivity index (χ3n) is 2.15. The van der Waals surface area contributed by atoms with Crippen molar-refractivity contribution in [2.45, 2.75) is 45.6 Å². The highest BCUT2D eigenvalue weighted by atomic mass is 16.5. The molecule has 0 spiro atoms. The Balaban J connectivity index is 3.51. The van der Waals surface area contributed by atoms with Gasteiger partial charge in [-0.1, -0.05) is 20.8 Å². The summed E-state index contributed by atoms with van der Waals surface area (Å²) in [6, 6.07) is 0. The van der Waals surface area contributed by atoms with Crippen molar-refractivity contribution in [3.8, 4) is 0 Å². The highest BCUT2D eigenvalue weighted by Crippen LogP contribution is 2.11. The molecule has 0 aliphatic rings. The SMILES string of the molecule is CCCOCC(N)(CC)CC. The Bertz CT molecular complexity index is 89.6. The molecule has 2 heteroatoms. The lowest BCUT2D eigenvalue weighted by Gasteiger charge is -2.26. The first-order valence-electron chi connectivity index (χ1n) is 4.55. The summed E-state index contributed by atoms with van der Waals surface area (Å²) in [5.41, 5.74) is 5.92.